The first-order valence-corrected chi connectivity index (χ1v) is 14.5. The highest BCUT2D eigenvalue weighted by Crippen LogP contribution is 2.40. The highest BCUT2D eigenvalue weighted by molar-refractivity contribution is 7.14. The van der Waals surface area contributed by atoms with Crippen LogP contribution in [0.4, 0.5) is 9.52 Å². The Morgan fingerprint density at radius 1 is 1.26 bits per heavy atom. The molecule has 4 heterocycles. The predicted octanol–water partition coefficient (Wildman–Crippen LogP) is 2.72. The van der Waals surface area contributed by atoms with Gasteiger partial charge in [-0.15, -0.1) is 22.9 Å². The number of thiazole rings is 1. The Kier molecular flexibility index (Phi) is 7.96. The van der Waals surface area contributed by atoms with Crippen LogP contribution in [0.1, 0.15) is 42.1 Å². The lowest BCUT2D eigenvalue weighted by atomic mass is 9.84. The summed E-state index contributed by atoms with van der Waals surface area (Å²) in [4.78, 5) is 49.6. The second-order valence-corrected chi connectivity index (χ2v) is 12.3. The Balaban J connectivity index is 1.54. The molecule has 39 heavy (non-hydrogen) atoms. The lowest BCUT2D eigenvalue weighted by molar-refractivity contribution is -0.138. The third-order valence-electron chi connectivity index (χ3n) is 7.75. The molecule has 2 aromatic rings. The van der Waals surface area contributed by atoms with Crippen LogP contribution in [0.3, 0.4) is 0 Å². The van der Waals surface area contributed by atoms with Gasteiger partial charge in [-0.3, -0.25) is 14.4 Å². The van der Waals surface area contributed by atoms with Gasteiger partial charge >= 0.3 is 0 Å². The van der Waals surface area contributed by atoms with Crippen LogP contribution in [0.15, 0.2) is 17.5 Å². The van der Waals surface area contributed by atoms with Crippen molar-refractivity contribution >= 4 is 45.7 Å². The Morgan fingerprint density at radius 2 is 1.97 bits per heavy atom. The fraction of sp³-hybridized carbons (Fsp3) is 0.556. The van der Waals surface area contributed by atoms with Crippen molar-refractivity contribution in [3.05, 3.63) is 34.5 Å². The normalized spacial score (nSPS) is 24.5. The number of carbonyl (C=O) groups excluding carboxylic acids is 3. The van der Waals surface area contributed by atoms with E-state index in [-0.39, 0.29) is 48.0 Å². The number of likely N-dealkylation sites (tertiary alicyclic amines) is 1. The van der Waals surface area contributed by atoms with Gasteiger partial charge in [0.2, 0.25) is 11.8 Å². The molecule has 3 saturated heterocycles. The Morgan fingerprint density at radius 3 is 2.64 bits per heavy atom. The number of primary amides is 1. The monoisotopic (exact) mass is 577 g/mol. The second kappa shape index (κ2) is 11.1. The number of fused-ring (bicyclic) bond motifs is 1. The Bertz CT molecular complexity index is 1280. The van der Waals surface area contributed by atoms with Crippen LogP contribution >= 0.6 is 22.9 Å². The average molecular weight is 578 g/mol. The molecule has 4 atom stereocenters. The number of benzene rings is 1. The molecular weight excluding hydrogens is 545 g/mol. The quantitative estimate of drug-likeness (QED) is 0.504. The molecule has 0 spiro atoms. The molecule has 9 nitrogen and oxygen atoms in total. The molecule has 210 valence electrons. The molecule has 0 aliphatic carbocycles. The zero-order valence-corrected chi connectivity index (χ0v) is 23.8. The number of hydrogen-bond donors (Lipinski definition) is 1. The zero-order chi connectivity index (χ0) is 28.0. The van der Waals surface area contributed by atoms with Crippen molar-refractivity contribution in [1.29, 1.82) is 0 Å². The second-order valence-electron chi connectivity index (χ2n) is 10.9. The number of Topliss-reactive ketones (excluding diaryl/α,β-unsaturated/α-hetero) is 1. The number of hydrogen-bond acceptors (Lipinski definition) is 8. The maximum absolute atomic E-state index is 16.5. The summed E-state index contributed by atoms with van der Waals surface area (Å²) in [6, 6.07) is 2.14. The third kappa shape index (κ3) is 5.29. The molecule has 2 amide bonds. The largest absolute Gasteiger partial charge is 0.366 e. The number of piperazine rings is 1. The van der Waals surface area contributed by atoms with Gasteiger partial charge in [0, 0.05) is 54.8 Å². The van der Waals surface area contributed by atoms with E-state index < -0.39 is 41.1 Å². The van der Waals surface area contributed by atoms with Crippen molar-refractivity contribution in [1.82, 2.24) is 14.8 Å². The number of nitrogens with zero attached hydrogens (tertiary/aromatic N) is 4. The van der Waals surface area contributed by atoms with Crippen LogP contribution in [-0.4, -0.2) is 96.3 Å². The fourth-order valence-electron chi connectivity index (χ4n) is 5.71. The average Bonchev–Trinajstić information content (AvgIpc) is 3.60. The molecule has 1 aromatic heterocycles. The smallest absolute Gasteiger partial charge is 0.249 e. The van der Waals surface area contributed by atoms with Gasteiger partial charge in [-0.1, -0.05) is 13.8 Å². The Hall–Kier alpha value is -2.60. The number of ether oxygens (including phenoxy) is 1. The summed E-state index contributed by atoms with van der Waals surface area (Å²) in [5.74, 6) is -3.29. The lowest BCUT2D eigenvalue weighted by Gasteiger charge is -2.32. The summed E-state index contributed by atoms with van der Waals surface area (Å²) >= 11 is 7.86. The van der Waals surface area contributed by atoms with Crippen molar-refractivity contribution in [2.24, 2.45) is 11.7 Å². The van der Waals surface area contributed by atoms with E-state index in [1.165, 1.54) is 28.4 Å². The van der Waals surface area contributed by atoms with Crippen LogP contribution in [0.2, 0.25) is 0 Å². The minimum Gasteiger partial charge on any atom is -0.366 e. The lowest BCUT2D eigenvalue weighted by Crippen LogP contribution is -2.44. The number of halogens is 2. The molecule has 3 aliphatic rings. The molecule has 12 heteroatoms. The van der Waals surface area contributed by atoms with E-state index in [1.54, 1.807) is 5.38 Å². The number of amides is 2. The van der Waals surface area contributed by atoms with Gasteiger partial charge in [0.25, 0.3) is 0 Å². The van der Waals surface area contributed by atoms with Crippen LogP contribution in [0.5, 0.6) is 0 Å². The maximum atomic E-state index is 16.5. The zero-order valence-electron chi connectivity index (χ0n) is 22.2. The summed E-state index contributed by atoms with van der Waals surface area (Å²) in [5.41, 5.74) is 6.20. The molecule has 3 aliphatic heterocycles. The van der Waals surface area contributed by atoms with Crippen LogP contribution in [0, 0.1) is 11.7 Å². The molecule has 0 unspecified atom stereocenters. The first-order valence-electron chi connectivity index (χ1n) is 13.2. The minimum atomic E-state index is -1.04. The number of rotatable bonds is 7. The number of ketones is 1. The van der Waals surface area contributed by atoms with E-state index in [0.29, 0.717) is 5.69 Å². The highest BCUT2D eigenvalue weighted by Gasteiger charge is 2.53. The molecule has 2 N–H and O–H groups in total. The first-order chi connectivity index (χ1) is 18.6. The van der Waals surface area contributed by atoms with E-state index in [0.717, 1.165) is 31.3 Å². The number of alkyl halides is 1. The minimum absolute atomic E-state index is 0.0217. The molecule has 1 aromatic carbocycles. The van der Waals surface area contributed by atoms with Crippen molar-refractivity contribution < 1.29 is 23.5 Å². The van der Waals surface area contributed by atoms with E-state index in [4.69, 9.17) is 27.1 Å². The van der Waals surface area contributed by atoms with Crippen LogP contribution < -0.4 is 10.6 Å². The molecular formula is C27H33ClFN5O4S. The molecule has 0 radical (unpaired) electrons. The third-order valence-corrected chi connectivity index (χ3v) is 9.03. The van der Waals surface area contributed by atoms with Crippen molar-refractivity contribution in [2.45, 2.75) is 43.7 Å². The van der Waals surface area contributed by atoms with Crippen molar-refractivity contribution in [2.75, 3.05) is 51.3 Å². The molecule has 0 saturated carbocycles. The van der Waals surface area contributed by atoms with Gasteiger partial charge in [0.15, 0.2) is 10.9 Å². The van der Waals surface area contributed by atoms with Gasteiger partial charge in [-0.25, -0.2) is 9.37 Å². The summed E-state index contributed by atoms with van der Waals surface area (Å²) in [6.07, 6.45) is -0.350. The summed E-state index contributed by atoms with van der Waals surface area (Å²) in [6.45, 7) is 7.28. The van der Waals surface area contributed by atoms with Gasteiger partial charge in [0.1, 0.15) is 24.6 Å². The number of nitrogens with two attached hydrogens (primary N) is 1. The van der Waals surface area contributed by atoms with Crippen molar-refractivity contribution in [3.63, 3.8) is 0 Å². The fourth-order valence-corrected chi connectivity index (χ4v) is 6.95. The number of likely N-dealkylation sites (N-methyl/N-ethyl adjacent to an activating group) is 1. The summed E-state index contributed by atoms with van der Waals surface area (Å²) in [7, 11) is 2.07. The van der Waals surface area contributed by atoms with E-state index in [9.17, 15) is 14.4 Å². The first kappa shape index (κ1) is 27.9. The molecule has 5 rings (SSSR count). The van der Waals surface area contributed by atoms with E-state index >= 15 is 4.39 Å². The molecule has 3 fully saturated rings. The Labute approximate surface area is 236 Å². The number of anilines is 1. The number of aromatic nitrogens is 1. The maximum Gasteiger partial charge on any atom is 0.249 e. The van der Waals surface area contributed by atoms with Crippen LogP contribution in [-0.2, 0) is 14.3 Å². The summed E-state index contributed by atoms with van der Waals surface area (Å²) in [5, 5.41) is 2.03. The number of carbonyl (C=O) groups is 3. The topological polar surface area (TPSA) is 109 Å². The van der Waals surface area contributed by atoms with Gasteiger partial charge in [-0.2, -0.15) is 0 Å². The predicted molar refractivity (Wildman–Crippen MR) is 148 cm³/mol. The van der Waals surface area contributed by atoms with Gasteiger partial charge < -0.3 is 25.2 Å². The highest BCUT2D eigenvalue weighted by atomic mass is 35.5. The van der Waals surface area contributed by atoms with Gasteiger partial charge in [-0.05, 0) is 31.5 Å². The van der Waals surface area contributed by atoms with E-state index in [2.05, 4.69) is 16.8 Å². The SMILES string of the molecule is CC(C)C[C@H](C(=O)N1C[C@@H](Cl)[C@H]2OCC(=O)[C@H]21)c1c(C(N)=O)ccc(-c2csc(N3CCN(C)CC3)n2)c1F. The van der Waals surface area contributed by atoms with Gasteiger partial charge in [0.05, 0.1) is 17.0 Å². The summed E-state index contributed by atoms with van der Waals surface area (Å²) < 4.78 is 22.0. The standard InChI is InChI=1S/C27H33ClFN5O4S/c1-14(2)10-17(26(37)34-11-18(28)24-23(34)20(35)12-38-24)21-16(25(30)36)5-4-15(22(21)29)19-13-39-27(31-19)33-8-6-32(3)7-9-33/h4-5,13-14,17-18,23-24H,6-12H2,1-3H3,(H2,30,36)/t17-,18+,23+,24+/m0/s1. The van der Waals surface area contributed by atoms with E-state index in [1.807, 2.05) is 13.8 Å². The molecule has 0 bridgehead atoms. The van der Waals surface area contributed by atoms with Crippen LogP contribution in [0.25, 0.3) is 11.3 Å². The van der Waals surface area contributed by atoms with Crippen molar-refractivity contribution in [3.8, 4) is 11.3 Å².